The van der Waals surface area contributed by atoms with Crippen LogP contribution in [-0.4, -0.2) is 11.2 Å². The zero-order valence-electron chi connectivity index (χ0n) is 6.58. The molecule has 1 aliphatic rings. The fourth-order valence-electron chi connectivity index (χ4n) is 1.31. The average Bonchev–Trinajstić information content (AvgIpc) is 2.86. The van der Waals surface area contributed by atoms with E-state index in [2.05, 4.69) is 23.4 Å². The van der Waals surface area contributed by atoms with E-state index in [0.29, 0.717) is 4.75 Å². The Morgan fingerprint density at radius 1 is 1.45 bits per heavy atom. The quantitative estimate of drug-likeness (QED) is 0.667. The number of rotatable bonds is 2. The Kier molecular flexibility index (Phi) is 1.64. The fraction of sp³-hybridized carbons (Fsp3) is 0.444. The number of hydrogen-bond acceptors (Lipinski definition) is 2. The van der Waals surface area contributed by atoms with Gasteiger partial charge in [-0.3, -0.25) is 4.98 Å². The molecule has 0 aromatic carbocycles. The molecule has 0 N–H and O–H groups in total. The van der Waals surface area contributed by atoms with Crippen molar-refractivity contribution in [1.82, 2.24) is 4.98 Å². The second-order valence-corrected chi connectivity index (χ2v) is 4.10. The molecule has 1 nitrogen and oxygen atoms in total. The predicted octanol–water partition coefficient (Wildman–Crippen LogP) is 2.43. The molecule has 1 aromatic rings. The number of thioether (sulfide) groups is 1. The Morgan fingerprint density at radius 3 is 2.73 bits per heavy atom. The van der Waals surface area contributed by atoms with Crippen LogP contribution in [0.3, 0.4) is 0 Å². The molecule has 1 heterocycles. The Labute approximate surface area is 71.2 Å². The van der Waals surface area contributed by atoms with Gasteiger partial charge in [0.05, 0.1) is 10.4 Å². The van der Waals surface area contributed by atoms with Crippen molar-refractivity contribution >= 4 is 11.8 Å². The van der Waals surface area contributed by atoms with Gasteiger partial charge in [0.25, 0.3) is 0 Å². The molecule has 1 saturated carbocycles. The van der Waals surface area contributed by atoms with Crippen molar-refractivity contribution in [3.05, 3.63) is 30.1 Å². The van der Waals surface area contributed by atoms with Gasteiger partial charge in [-0.05, 0) is 31.2 Å². The summed E-state index contributed by atoms with van der Waals surface area (Å²) in [6, 6.07) is 6.17. The highest BCUT2D eigenvalue weighted by molar-refractivity contribution is 7.99. The lowest BCUT2D eigenvalue weighted by Crippen LogP contribution is -2.01. The van der Waals surface area contributed by atoms with Crippen LogP contribution < -0.4 is 0 Å². The molecule has 0 radical (unpaired) electrons. The van der Waals surface area contributed by atoms with Gasteiger partial charge in [-0.25, -0.2) is 0 Å². The number of pyridine rings is 1. The van der Waals surface area contributed by atoms with E-state index in [9.17, 15) is 0 Å². The number of aromatic nitrogens is 1. The van der Waals surface area contributed by atoms with Gasteiger partial charge in [0.15, 0.2) is 0 Å². The molecule has 1 aliphatic carbocycles. The summed E-state index contributed by atoms with van der Waals surface area (Å²) in [6.45, 7) is 0. The topological polar surface area (TPSA) is 12.9 Å². The van der Waals surface area contributed by atoms with Crippen LogP contribution in [0.4, 0.5) is 0 Å². The zero-order valence-corrected chi connectivity index (χ0v) is 7.40. The smallest absolute Gasteiger partial charge is 0.0578 e. The molecule has 0 spiro atoms. The molecular weight excluding hydrogens is 154 g/mol. The normalized spacial score (nSPS) is 19.7. The van der Waals surface area contributed by atoms with Crippen molar-refractivity contribution in [2.45, 2.75) is 17.6 Å². The molecular formula is C9H11NS. The van der Waals surface area contributed by atoms with Gasteiger partial charge < -0.3 is 0 Å². The van der Waals surface area contributed by atoms with Crippen LogP contribution in [0, 0.1) is 0 Å². The van der Waals surface area contributed by atoms with E-state index < -0.39 is 0 Å². The van der Waals surface area contributed by atoms with E-state index >= 15 is 0 Å². The molecule has 0 bridgehead atoms. The minimum atomic E-state index is 0.390. The number of nitrogens with zero attached hydrogens (tertiary/aromatic N) is 1. The van der Waals surface area contributed by atoms with Crippen molar-refractivity contribution in [2.24, 2.45) is 0 Å². The second kappa shape index (κ2) is 2.52. The lowest BCUT2D eigenvalue weighted by molar-refractivity contribution is 0.955. The van der Waals surface area contributed by atoms with Crippen molar-refractivity contribution in [1.29, 1.82) is 0 Å². The molecule has 11 heavy (non-hydrogen) atoms. The van der Waals surface area contributed by atoms with E-state index in [4.69, 9.17) is 0 Å². The highest BCUT2D eigenvalue weighted by Gasteiger charge is 2.44. The lowest BCUT2D eigenvalue weighted by Gasteiger charge is -2.09. The molecule has 0 atom stereocenters. The van der Waals surface area contributed by atoms with Gasteiger partial charge in [0.1, 0.15) is 0 Å². The molecule has 0 unspecified atom stereocenters. The summed E-state index contributed by atoms with van der Waals surface area (Å²) in [5.41, 5.74) is 1.26. The lowest BCUT2D eigenvalue weighted by atomic mass is 10.2. The number of hydrogen-bond donors (Lipinski definition) is 0. The third-order valence-electron chi connectivity index (χ3n) is 2.23. The summed E-state index contributed by atoms with van der Waals surface area (Å²) < 4.78 is 0.390. The van der Waals surface area contributed by atoms with Crippen LogP contribution in [0.15, 0.2) is 24.4 Å². The van der Waals surface area contributed by atoms with Gasteiger partial charge >= 0.3 is 0 Å². The van der Waals surface area contributed by atoms with Gasteiger partial charge in [-0.1, -0.05) is 6.07 Å². The Morgan fingerprint density at radius 2 is 2.27 bits per heavy atom. The fourth-order valence-corrected chi connectivity index (χ4v) is 2.15. The monoisotopic (exact) mass is 165 g/mol. The van der Waals surface area contributed by atoms with Crippen molar-refractivity contribution < 1.29 is 0 Å². The first-order chi connectivity index (χ1) is 5.37. The molecule has 1 aromatic heterocycles. The van der Waals surface area contributed by atoms with Crippen LogP contribution in [-0.2, 0) is 4.75 Å². The average molecular weight is 165 g/mol. The summed E-state index contributed by atoms with van der Waals surface area (Å²) >= 11 is 1.93. The molecule has 58 valence electrons. The van der Waals surface area contributed by atoms with Gasteiger partial charge in [-0.2, -0.15) is 11.8 Å². The van der Waals surface area contributed by atoms with E-state index in [0.717, 1.165) is 0 Å². The minimum Gasteiger partial charge on any atom is -0.260 e. The predicted molar refractivity (Wildman–Crippen MR) is 48.7 cm³/mol. The maximum absolute atomic E-state index is 4.36. The van der Waals surface area contributed by atoms with E-state index in [1.807, 2.05) is 24.0 Å². The van der Waals surface area contributed by atoms with E-state index in [-0.39, 0.29) is 0 Å². The van der Waals surface area contributed by atoms with E-state index in [1.54, 1.807) is 0 Å². The molecule has 1 fully saturated rings. The highest BCUT2D eigenvalue weighted by atomic mass is 32.2. The molecule has 2 heteroatoms. The van der Waals surface area contributed by atoms with Crippen LogP contribution in [0.2, 0.25) is 0 Å². The van der Waals surface area contributed by atoms with Crippen LogP contribution in [0.5, 0.6) is 0 Å². The van der Waals surface area contributed by atoms with Crippen molar-refractivity contribution in [3.8, 4) is 0 Å². The first-order valence-electron chi connectivity index (χ1n) is 3.84. The van der Waals surface area contributed by atoms with Crippen molar-refractivity contribution in [2.75, 3.05) is 6.26 Å². The maximum atomic E-state index is 4.36. The third-order valence-corrected chi connectivity index (χ3v) is 3.63. The first kappa shape index (κ1) is 7.17. The van der Waals surface area contributed by atoms with E-state index in [1.165, 1.54) is 18.5 Å². The summed E-state index contributed by atoms with van der Waals surface area (Å²) in [5, 5.41) is 0. The van der Waals surface area contributed by atoms with Crippen LogP contribution in [0.25, 0.3) is 0 Å². The molecule has 2 rings (SSSR count). The maximum Gasteiger partial charge on any atom is 0.0578 e. The van der Waals surface area contributed by atoms with Gasteiger partial charge in [0, 0.05) is 6.20 Å². The summed E-state index contributed by atoms with van der Waals surface area (Å²) in [5.74, 6) is 0. The Bertz CT molecular complexity index is 241. The SMILES string of the molecule is CSC1(c2ccccn2)CC1. The van der Waals surface area contributed by atoms with Gasteiger partial charge in [0.2, 0.25) is 0 Å². The molecule has 0 aliphatic heterocycles. The first-order valence-corrected chi connectivity index (χ1v) is 5.06. The molecule has 0 amide bonds. The largest absolute Gasteiger partial charge is 0.260 e. The minimum absolute atomic E-state index is 0.390. The Balaban J connectivity index is 2.30. The third kappa shape index (κ3) is 1.16. The zero-order chi connectivity index (χ0) is 7.73. The van der Waals surface area contributed by atoms with Gasteiger partial charge in [-0.15, -0.1) is 0 Å². The highest BCUT2D eigenvalue weighted by Crippen LogP contribution is 2.55. The molecule has 0 saturated heterocycles. The van der Waals surface area contributed by atoms with Crippen LogP contribution in [0.1, 0.15) is 18.5 Å². The summed E-state index contributed by atoms with van der Waals surface area (Å²) in [4.78, 5) is 4.36. The Hall–Kier alpha value is -0.500. The summed E-state index contributed by atoms with van der Waals surface area (Å²) in [6.07, 6.45) is 6.64. The second-order valence-electron chi connectivity index (χ2n) is 2.91. The summed E-state index contributed by atoms with van der Waals surface area (Å²) in [7, 11) is 0. The standard InChI is InChI=1S/C9H11NS/c1-11-9(5-6-9)8-4-2-3-7-10-8/h2-4,7H,5-6H2,1H3. The van der Waals surface area contributed by atoms with Crippen molar-refractivity contribution in [3.63, 3.8) is 0 Å². The van der Waals surface area contributed by atoms with Crippen LogP contribution >= 0.6 is 11.8 Å².